The van der Waals surface area contributed by atoms with Crippen LogP contribution in [0.3, 0.4) is 0 Å². The van der Waals surface area contributed by atoms with Crippen molar-refractivity contribution in [3.05, 3.63) is 54.6 Å². The Morgan fingerprint density at radius 2 is 1.62 bits per heavy atom. The minimum Gasteiger partial charge on any atom is -0.103 e. The average molecular weight is 174 g/mol. The first-order valence-electron chi connectivity index (χ1n) is 4.51. The van der Waals surface area contributed by atoms with Crippen LogP contribution in [0.25, 0.3) is 5.57 Å². The molecule has 13 heavy (non-hydrogen) atoms. The van der Waals surface area contributed by atoms with Crippen molar-refractivity contribution in [1.29, 1.82) is 0 Å². The van der Waals surface area contributed by atoms with Gasteiger partial charge in [-0.3, -0.25) is 0 Å². The Morgan fingerprint density at radius 1 is 1.15 bits per heavy atom. The zero-order valence-corrected chi connectivity index (χ0v) is 8.75. The summed E-state index contributed by atoms with van der Waals surface area (Å²) in [6.45, 7) is 9.43. The van der Waals surface area contributed by atoms with Crippen LogP contribution in [0.1, 0.15) is 26.3 Å². The Hall–Kier alpha value is -1.30. The molecule has 1 aromatic carbocycles. The van der Waals surface area contributed by atoms with Crippen molar-refractivity contribution < 1.29 is 0 Å². The molecule has 0 fully saturated rings. The molecule has 70 valence electrons. The molecule has 0 radical (unpaired) electrons. The normalized spacial score (nSPS) is 9.92. The third kappa shape index (κ3) is 5.02. The summed E-state index contributed by atoms with van der Waals surface area (Å²) in [6, 6.07) is 10.4. The van der Waals surface area contributed by atoms with Crippen LogP contribution in [0, 0.1) is 0 Å². The Bertz CT molecular complexity index is 255. The van der Waals surface area contributed by atoms with Crippen LogP contribution in [0.4, 0.5) is 0 Å². The molecule has 0 unspecified atom stereocenters. The highest BCUT2D eigenvalue weighted by molar-refractivity contribution is 5.62. The lowest BCUT2D eigenvalue weighted by Crippen LogP contribution is -1.75. The second-order valence-electron chi connectivity index (χ2n) is 2.75. The largest absolute Gasteiger partial charge is 0.103 e. The van der Waals surface area contributed by atoms with E-state index >= 15 is 0 Å². The maximum atomic E-state index is 3.36. The molecule has 0 bridgehead atoms. The van der Waals surface area contributed by atoms with Gasteiger partial charge in [0.25, 0.3) is 0 Å². The first-order chi connectivity index (χ1) is 6.26. The quantitative estimate of drug-likeness (QED) is 0.557. The molecule has 0 saturated heterocycles. The van der Waals surface area contributed by atoms with E-state index < -0.39 is 0 Å². The zero-order chi connectivity index (χ0) is 10.1. The van der Waals surface area contributed by atoms with Gasteiger partial charge < -0.3 is 0 Å². The maximum Gasteiger partial charge on any atom is -0.0231 e. The van der Waals surface area contributed by atoms with Crippen molar-refractivity contribution in [2.75, 3.05) is 0 Å². The monoisotopic (exact) mass is 174 g/mol. The second-order valence-corrected chi connectivity index (χ2v) is 2.75. The van der Waals surface area contributed by atoms with E-state index in [1.54, 1.807) is 6.08 Å². The fraction of sp³-hybridized carbons (Fsp3) is 0.231. The van der Waals surface area contributed by atoms with Crippen LogP contribution in [0.2, 0.25) is 0 Å². The van der Waals surface area contributed by atoms with E-state index in [9.17, 15) is 0 Å². The molecule has 0 saturated carbocycles. The molecule has 0 aliphatic carbocycles. The van der Waals surface area contributed by atoms with Crippen molar-refractivity contribution in [2.24, 2.45) is 0 Å². The molecule has 0 aromatic heterocycles. The molecule has 0 spiro atoms. The van der Waals surface area contributed by atoms with Crippen LogP contribution in [0.5, 0.6) is 0 Å². The third-order valence-electron chi connectivity index (χ3n) is 1.66. The van der Waals surface area contributed by atoms with Crippen LogP contribution in [-0.2, 0) is 0 Å². The van der Waals surface area contributed by atoms with Gasteiger partial charge >= 0.3 is 0 Å². The minimum absolute atomic E-state index is 1.31. The average Bonchev–Trinajstić information content (AvgIpc) is 2.19. The molecule has 0 heteroatoms. The Balaban J connectivity index is 0.000000424. The number of rotatable bonds is 1. The predicted octanol–water partition coefficient (Wildman–Crippen LogP) is 4.30. The first kappa shape index (κ1) is 11.7. The molecule has 0 aliphatic heterocycles. The van der Waals surface area contributed by atoms with Gasteiger partial charge in [0.2, 0.25) is 0 Å². The molecular weight excluding hydrogens is 156 g/mol. The smallest absolute Gasteiger partial charge is 0.0231 e. The molecule has 0 N–H and O–H groups in total. The van der Waals surface area contributed by atoms with Gasteiger partial charge in [0.15, 0.2) is 0 Å². The van der Waals surface area contributed by atoms with E-state index in [1.807, 2.05) is 13.0 Å². The Morgan fingerprint density at radius 3 is 2.00 bits per heavy atom. The van der Waals surface area contributed by atoms with Crippen molar-refractivity contribution in [3.63, 3.8) is 0 Å². The molecule has 0 nitrogen and oxygen atoms in total. The van der Waals surface area contributed by atoms with Crippen LogP contribution in [-0.4, -0.2) is 0 Å². The van der Waals surface area contributed by atoms with Gasteiger partial charge in [0.05, 0.1) is 0 Å². The van der Waals surface area contributed by atoms with Gasteiger partial charge in [-0.05, 0) is 31.9 Å². The topological polar surface area (TPSA) is 0 Å². The first-order valence-corrected chi connectivity index (χ1v) is 4.51. The lowest BCUT2D eigenvalue weighted by atomic mass is 10.1. The van der Waals surface area contributed by atoms with E-state index in [0.29, 0.717) is 0 Å². The van der Waals surface area contributed by atoms with Gasteiger partial charge in [0, 0.05) is 0 Å². The van der Waals surface area contributed by atoms with Gasteiger partial charge in [0.1, 0.15) is 0 Å². The van der Waals surface area contributed by atoms with E-state index in [0.717, 1.165) is 0 Å². The number of hydrogen-bond donors (Lipinski definition) is 0. The summed E-state index contributed by atoms with van der Waals surface area (Å²) in [5, 5.41) is 0. The predicted molar refractivity (Wildman–Crippen MR) is 61.6 cm³/mol. The minimum atomic E-state index is 1.31. The van der Waals surface area contributed by atoms with E-state index in [-0.39, 0.29) is 0 Å². The lowest BCUT2D eigenvalue weighted by Gasteiger charge is -1.97. The highest BCUT2D eigenvalue weighted by atomic mass is 13.9. The van der Waals surface area contributed by atoms with Crippen molar-refractivity contribution in [3.8, 4) is 0 Å². The highest BCUT2D eigenvalue weighted by Crippen LogP contribution is 2.11. The summed E-state index contributed by atoms with van der Waals surface area (Å²) >= 11 is 0. The SMILES string of the molecule is C/C=C(\C)c1ccccc1.C=CC. The van der Waals surface area contributed by atoms with Gasteiger partial charge in [-0.25, -0.2) is 0 Å². The van der Waals surface area contributed by atoms with E-state index in [1.165, 1.54) is 11.1 Å². The van der Waals surface area contributed by atoms with Gasteiger partial charge in [-0.2, -0.15) is 0 Å². The maximum absolute atomic E-state index is 3.36. The summed E-state index contributed by atoms with van der Waals surface area (Å²) in [4.78, 5) is 0. The van der Waals surface area contributed by atoms with E-state index in [2.05, 4.69) is 50.8 Å². The number of benzene rings is 1. The number of allylic oxidation sites excluding steroid dienone is 3. The summed E-state index contributed by atoms with van der Waals surface area (Å²) in [5.41, 5.74) is 2.64. The number of hydrogen-bond acceptors (Lipinski definition) is 0. The van der Waals surface area contributed by atoms with Gasteiger partial charge in [-0.1, -0.05) is 42.5 Å². The molecular formula is C13H18. The molecule has 0 aliphatic rings. The summed E-state index contributed by atoms with van der Waals surface area (Å²) in [5.74, 6) is 0. The third-order valence-corrected chi connectivity index (χ3v) is 1.66. The summed E-state index contributed by atoms with van der Waals surface area (Å²) in [7, 11) is 0. The second kappa shape index (κ2) is 7.35. The molecule has 0 heterocycles. The molecule has 1 rings (SSSR count). The highest BCUT2D eigenvalue weighted by Gasteiger charge is 1.88. The standard InChI is InChI=1S/C10H12.C3H6/c1-3-9(2)10-7-5-4-6-8-10;1-3-2/h3-8H,1-2H3;3H,1H2,2H3/b9-3+;. The fourth-order valence-electron chi connectivity index (χ4n) is 0.868. The van der Waals surface area contributed by atoms with Crippen molar-refractivity contribution >= 4 is 5.57 Å². The Labute approximate surface area is 81.6 Å². The molecule has 1 aromatic rings. The molecule has 0 amide bonds. The zero-order valence-electron chi connectivity index (χ0n) is 8.75. The van der Waals surface area contributed by atoms with Crippen LogP contribution < -0.4 is 0 Å². The Kier molecular flexibility index (Phi) is 6.62. The lowest BCUT2D eigenvalue weighted by molar-refractivity contribution is 1.54. The fourth-order valence-corrected chi connectivity index (χ4v) is 0.868. The van der Waals surface area contributed by atoms with Crippen LogP contribution in [0.15, 0.2) is 49.1 Å². The molecule has 0 atom stereocenters. The summed E-state index contributed by atoms with van der Waals surface area (Å²) in [6.07, 6.45) is 3.87. The van der Waals surface area contributed by atoms with Crippen LogP contribution >= 0.6 is 0 Å². The van der Waals surface area contributed by atoms with Crippen molar-refractivity contribution in [2.45, 2.75) is 20.8 Å². The summed E-state index contributed by atoms with van der Waals surface area (Å²) < 4.78 is 0. The van der Waals surface area contributed by atoms with E-state index in [4.69, 9.17) is 0 Å². The van der Waals surface area contributed by atoms with Gasteiger partial charge in [-0.15, -0.1) is 6.58 Å². The van der Waals surface area contributed by atoms with Crippen molar-refractivity contribution in [1.82, 2.24) is 0 Å².